The van der Waals surface area contributed by atoms with Gasteiger partial charge in [0, 0.05) is 25.2 Å². The Labute approximate surface area is 217 Å². The van der Waals surface area contributed by atoms with Gasteiger partial charge in [0.2, 0.25) is 5.82 Å². The first-order valence-electron chi connectivity index (χ1n) is 13.0. The molecule has 194 valence electrons. The molecule has 0 saturated carbocycles. The Balaban J connectivity index is 1.66. The van der Waals surface area contributed by atoms with Crippen molar-refractivity contribution in [3.05, 3.63) is 65.4 Å². The van der Waals surface area contributed by atoms with Crippen molar-refractivity contribution in [2.75, 3.05) is 18.1 Å². The lowest BCUT2D eigenvalue weighted by atomic mass is 9.98. The van der Waals surface area contributed by atoms with Crippen LogP contribution in [-0.4, -0.2) is 49.5 Å². The number of hydrogen-bond donors (Lipinski definition) is 1. The monoisotopic (exact) mass is 501 g/mol. The molecule has 37 heavy (non-hydrogen) atoms. The lowest BCUT2D eigenvalue weighted by Gasteiger charge is -2.23. The van der Waals surface area contributed by atoms with Crippen LogP contribution in [0.1, 0.15) is 62.2 Å². The minimum absolute atomic E-state index is 0.296. The van der Waals surface area contributed by atoms with Crippen molar-refractivity contribution >= 4 is 11.8 Å². The summed E-state index contributed by atoms with van der Waals surface area (Å²) in [6.07, 6.45) is 2.64. The standard InChI is InChI=1S/C28H35N7O2/c1-5-11-24-25(28(36)37-8-4)27(31-35(24)7-3)34(18-6-2)19-20-14-16-21(17-15-20)22-12-9-10-13-23(22)26-29-32-33-30-26/h9-10,12-17H,5-8,11,18-19H2,1-4H3,(H,29,30,32,33). The van der Waals surface area contributed by atoms with Gasteiger partial charge >= 0.3 is 5.97 Å². The summed E-state index contributed by atoms with van der Waals surface area (Å²) in [5.41, 5.74) is 5.71. The van der Waals surface area contributed by atoms with E-state index in [-0.39, 0.29) is 5.97 Å². The highest BCUT2D eigenvalue weighted by molar-refractivity contribution is 5.96. The topological polar surface area (TPSA) is 102 Å². The molecule has 0 aliphatic carbocycles. The molecule has 1 N–H and O–H groups in total. The summed E-state index contributed by atoms with van der Waals surface area (Å²) < 4.78 is 7.41. The molecule has 0 fully saturated rings. The third kappa shape index (κ3) is 5.71. The third-order valence-electron chi connectivity index (χ3n) is 6.25. The van der Waals surface area contributed by atoms with Crippen molar-refractivity contribution in [2.24, 2.45) is 0 Å². The van der Waals surface area contributed by atoms with Gasteiger partial charge in [0.25, 0.3) is 0 Å². The molecule has 0 bridgehead atoms. The summed E-state index contributed by atoms with van der Waals surface area (Å²) in [5.74, 6) is 0.974. The number of hydrogen-bond acceptors (Lipinski definition) is 7. The molecule has 0 radical (unpaired) electrons. The van der Waals surface area contributed by atoms with Gasteiger partial charge in [-0.25, -0.2) is 4.79 Å². The van der Waals surface area contributed by atoms with E-state index in [2.05, 4.69) is 76.6 Å². The number of anilines is 1. The highest BCUT2D eigenvalue weighted by Crippen LogP contribution is 2.31. The molecule has 0 aliphatic heterocycles. The van der Waals surface area contributed by atoms with Gasteiger partial charge in [0.15, 0.2) is 5.82 Å². The van der Waals surface area contributed by atoms with Crippen molar-refractivity contribution in [3.8, 4) is 22.5 Å². The number of nitrogens with zero attached hydrogens (tertiary/aromatic N) is 6. The SMILES string of the molecule is CCCc1c(C(=O)OCC)c(N(CCC)Cc2ccc(-c3ccccc3-c3nn[nH]n3)cc2)nn1CC. The first kappa shape index (κ1) is 26.1. The van der Waals surface area contributed by atoms with Crippen LogP contribution >= 0.6 is 0 Å². The molecule has 0 aliphatic rings. The second kappa shape index (κ2) is 12.3. The van der Waals surface area contributed by atoms with Crippen LogP contribution in [0, 0.1) is 0 Å². The Kier molecular flexibility index (Phi) is 8.66. The number of benzene rings is 2. The van der Waals surface area contributed by atoms with Crippen molar-refractivity contribution in [1.82, 2.24) is 30.4 Å². The minimum atomic E-state index is -0.296. The van der Waals surface area contributed by atoms with E-state index >= 15 is 0 Å². The second-order valence-electron chi connectivity index (χ2n) is 8.83. The number of carbonyl (C=O) groups is 1. The van der Waals surface area contributed by atoms with E-state index in [9.17, 15) is 4.79 Å². The first-order valence-corrected chi connectivity index (χ1v) is 13.0. The van der Waals surface area contributed by atoms with Gasteiger partial charge in [-0.05, 0) is 48.6 Å². The molecule has 9 heteroatoms. The van der Waals surface area contributed by atoms with Gasteiger partial charge in [-0.15, -0.1) is 10.2 Å². The summed E-state index contributed by atoms with van der Waals surface area (Å²) in [7, 11) is 0. The molecule has 2 heterocycles. The number of ether oxygens (including phenoxy) is 1. The Morgan fingerprint density at radius 3 is 2.38 bits per heavy atom. The largest absolute Gasteiger partial charge is 0.462 e. The zero-order chi connectivity index (χ0) is 26.2. The molecule has 4 aromatic rings. The zero-order valence-electron chi connectivity index (χ0n) is 22.1. The van der Waals surface area contributed by atoms with Gasteiger partial charge in [0.1, 0.15) is 5.56 Å². The quantitative estimate of drug-likeness (QED) is 0.263. The van der Waals surface area contributed by atoms with Gasteiger partial charge in [-0.3, -0.25) is 4.68 Å². The van der Waals surface area contributed by atoms with Crippen LogP contribution in [-0.2, 0) is 24.2 Å². The van der Waals surface area contributed by atoms with Crippen LogP contribution in [0.4, 0.5) is 5.82 Å². The van der Waals surface area contributed by atoms with E-state index < -0.39 is 0 Å². The summed E-state index contributed by atoms with van der Waals surface area (Å²) >= 11 is 0. The van der Waals surface area contributed by atoms with Crippen LogP contribution in [0.25, 0.3) is 22.5 Å². The lowest BCUT2D eigenvalue weighted by molar-refractivity contribution is 0.0525. The molecule has 0 amide bonds. The van der Waals surface area contributed by atoms with Gasteiger partial charge in [-0.2, -0.15) is 10.3 Å². The number of carbonyl (C=O) groups excluding carboxylic acids is 1. The Hall–Kier alpha value is -4.01. The van der Waals surface area contributed by atoms with Gasteiger partial charge in [-0.1, -0.05) is 68.8 Å². The number of aromatic amines is 1. The normalized spacial score (nSPS) is 11.0. The summed E-state index contributed by atoms with van der Waals surface area (Å²) in [6, 6.07) is 16.5. The van der Waals surface area contributed by atoms with E-state index in [4.69, 9.17) is 9.84 Å². The number of aromatic nitrogens is 6. The van der Waals surface area contributed by atoms with E-state index in [1.807, 2.05) is 29.8 Å². The zero-order valence-corrected chi connectivity index (χ0v) is 22.1. The fraction of sp³-hybridized carbons (Fsp3) is 0.393. The van der Waals surface area contributed by atoms with E-state index in [1.165, 1.54) is 0 Å². The maximum atomic E-state index is 13.1. The molecular formula is C28H35N7O2. The fourth-order valence-corrected chi connectivity index (χ4v) is 4.61. The maximum absolute atomic E-state index is 13.1. The molecule has 0 saturated heterocycles. The Morgan fingerprint density at radius 2 is 1.76 bits per heavy atom. The fourth-order valence-electron chi connectivity index (χ4n) is 4.61. The smallest absolute Gasteiger partial charge is 0.343 e. The van der Waals surface area contributed by atoms with Crippen molar-refractivity contribution in [2.45, 2.75) is 60.0 Å². The van der Waals surface area contributed by atoms with E-state index in [0.717, 1.165) is 53.8 Å². The number of nitrogens with one attached hydrogen (secondary N) is 1. The predicted molar refractivity (Wildman–Crippen MR) is 144 cm³/mol. The molecule has 0 atom stereocenters. The van der Waals surface area contributed by atoms with Crippen LogP contribution in [0.15, 0.2) is 48.5 Å². The summed E-state index contributed by atoms with van der Waals surface area (Å²) in [6.45, 7) is 10.6. The van der Waals surface area contributed by atoms with Crippen molar-refractivity contribution in [3.63, 3.8) is 0 Å². The number of tetrazole rings is 1. The molecule has 0 spiro atoms. The molecule has 4 rings (SSSR count). The van der Waals surface area contributed by atoms with Gasteiger partial charge < -0.3 is 9.64 Å². The molecular weight excluding hydrogens is 466 g/mol. The van der Waals surface area contributed by atoms with Crippen LogP contribution in [0.3, 0.4) is 0 Å². The van der Waals surface area contributed by atoms with Crippen LogP contribution in [0.5, 0.6) is 0 Å². The third-order valence-corrected chi connectivity index (χ3v) is 6.25. The van der Waals surface area contributed by atoms with E-state index in [0.29, 0.717) is 36.9 Å². The molecule has 2 aromatic heterocycles. The van der Waals surface area contributed by atoms with Gasteiger partial charge in [0.05, 0.1) is 12.3 Å². The number of H-pyrrole nitrogens is 1. The lowest BCUT2D eigenvalue weighted by Crippen LogP contribution is -2.26. The summed E-state index contributed by atoms with van der Waals surface area (Å²) in [5, 5.41) is 19.4. The van der Waals surface area contributed by atoms with Crippen molar-refractivity contribution < 1.29 is 9.53 Å². The highest BCUT2D eigenvalue weighted by Gasteiger charge is 2.27. The number of aryl methyl sites for hydroxylation is 1. The Morgan fingerprint density at radius 1 is 1.00 bits per heavy atom. The van der Waals surface area contributed by atoms with E-state index in [1.54, 1.807) is 0 Å². The predicted octanol–water partition coefficient (Wildman–Crippen LogP) is 5.30. The molecule has 0 unspecified atom stereocenters. The average molecular weight is 502 g/mol. The maximum Gasteiger partial charge on any atom is 0.343 e. The first-order chi connectivity index (χ1) is 18.1. The van der Waals surface area contributed by atoms with Crippen LogP contribution in [0.2, 0.25) is 0 Å². The van der Waals surface area contributed by atoms with Crippen LogP contribution < -0.4 is 4.90 Å². The van der Waals surface area contributed by atoms with Crippen molar-refractivity contribution in [1.29, 1.82) is 0 Å². The molecule has 2 aromatic carbocycles. The average Bonchev–Trinajstić information content (AvgIpc) is 3.58. The minimum Gasteiger partial charge on any atom is -0.462 e. The highest BCUT2D eigenvalue weighted by atomic mass is 16.5. The summed E-state index contributed by atoms with van der Waals surface area (Å²) in [4.78, 5) is 15.3. The second-order valence-corrected chi connectivity index (χ2v) is 8.83. The Bertz CT molecular complexity index is 1300. The number of rotatable bonds is 12. The number of esters is 1. The molecule has 9 nitrogen and oxygen atoms in total.